The van der Waals surface area contributed by atoms with Crippen LogP contribution in [0.15, 0.2) is 40.9 Å². The number of halogens is 3. The van der Waals surface area contributed by atoms with Crippen LogP contribution in [0.4, 0.5) is 0 Å². The number of hydrogen-bond donors (Lipinski definition) is 0. The van der Waals surface area contributed by atoms with Crippen LogP contribution in [0.2, 0.25) is 5.02 Å². The van der Waals surface area contributed by atoms with Crippen LogP contribution in [0.25, 0.3) is 16.7 Å². The van der Waals surface area contributed by atoms with Crippen molar-refractivity contribution in [3.05, 3.63) is 57.3 Å². The Balaban J connectivity index is 2.36. The van der Waals surface area contributed by atoms with Crippen LogP contribution in [0.3, 0.4) is 0 Å². The summed E-state index contributed by atoms with van der Waals surface area (Å²) in [6.45, 7) is 2.06. The second-order valence-electron chi connectivity index (χ2n) is 4.84. The van der Waals surface area contributed by atoms with E-state index in [0.29, 0.717) is 17.3 Å². The average Bonchev–Trinajstić information content (AvgIpc) is 2.82. The van der Waals surface area contributed by atoms with E-state index in [1.54, 1.807) is 0 Å². The van der Waals surface area contributed by atoms with Crippen LogP contribution < -0.4 is 0 Å². The molecule has 2 aromatic carbocycles. The highest BCUT2D eigenvalue weighted by molar-refractivity contribution is 9.10. The number of para-hydroxylation sites is 1. The van der Waals surface area contributed by atoms with Gasteiger partial charge in [0.25, 0.3) is 0 Å². The molecule has 0 aliphatic rings. The molecule has 0 radical (unpaired) electrons. The predicted molar refractivity (Wildman–Crippen MR) is 92.9 cm³/mol. The molecule has 1 aromatic heterocycles. The van der Waals surface area contributed by atoms with Crippen LogP contribution in [0.1, 0.15) is 11.4 Å². The van der Waals surface area contributed by atoms with Crippen molar-refractivity contribution in [3.8, 4) is 5.69 Å². The highest BCUT2D eigenvalue weighted by atomic mass is 79.9. The van der Waals surface area contributed by atoms with Gasteiger partial charge in [-0.2, -0.15) is 0 Å². The molecule has 0 amide bonds. The number of aromatic nitrogens is 2. The maximum absolute atomic E-state index is 6.40. The third kappa shape index (κ3) is 2.70. The van der Waals surface area contributed by atoms with E-state index >= 15 is 0 Å². The van der Waals surface area contributed by atoms with Gasteiger partial charge in [0.05, 0.1) is 21.7 Å². The summed E-state index contributed by atoms with van der Waals surface area (Å²) >= 11 is 15.8. The number of imidazole rings is 1. The van der Waals surface area contributed by atoms with Gasteiger partial charge in [0.1, 0.15) is 5.82 Å². The minimum Gasteiger partial charge on any atom is -0.295 e. The molecule has 0 N–H and O–H groups in total. The zero-order chi connectivity index (χ0) is 15.0. The average molecular weight is 384 g/mol. The van der Waals surface area contributed by atoms with Crippen molar-refractivity contribution in [2.24, 2.45) is 0 Å². The molecular weight excluding hydrogens is 371 g/mol. The standard InChI is InChI=1S/C16H13BrCl2N2/c1-10-3-2-4-13-16(10)20-15(7-8-18)21(13)14-9-11(17)5-6-12(14)19/h2-6,9H,7-8H2,1H3. The first kappa shape index (κ1) is 14.9. The Labute approximate surface area is 141 Å². The maximum atomic E-state index is 6.40. The minimum absolute atomic E-state index is 0.522. The fourth-order valence-corrected chi connectivity index (χ4v) is 3.19. The zero-order valence-electron chi connectivity index (χ0n) is 11.4. The third-order valence-corrected chi connectivity index (χ3v) is 4.43. The van der Waals surface area contributed by atoms with Crippen molar-refractivity contribution in [2.75, 3.05) is 5.88 Å². The van der Waals surface area contributed by atoms with Crippen molar-refractivity contribution >= 4 is 50.2 Å². The second kappa shape index (κ2) is 5.99. The Morgan fingerprint density at radius 2 is 2.05 bits per heavy atom. The van der Waals surface area contributed by atoms with Gasteiger partial charge in [0, 0.05) is 16.8 Å². The highest BCUT2D eigenvalue weighted by Gasteiger charge is 2.15. The molecule has 0 saturated carbocycles. The fourth-order valence-electron chi connectivity index (χ4n) is 2.47. The molecule has 0 fully saturated rings. The summed E-state index contributed by atoms with van der Waals surface area (Å²) in [6.07, 6.45) is 0.693. The van der Waals surface area contributed by atoms with Crippen LogP contribution in [-0.4, -0.2) is 15.4 Å². The summed E-state index contributed by atoms with van der Waals surface area (Å²) in [4.78, 5) is 4.75. The number of aryl methyl sites for hydroxylation is 2. The molecule has 0 spiro atoms. The van der Waals surface area contributed by atoms with Crippen LogP contribution in [0, 0.1) is 6.92 Å². The summed E-state index contributed by atoms with van der Waals surface area (Å²) < 4.78 is 3.07. The van der Waals surface area contributed by atoms with Gasteiger partial charge in [-0.1, -0.05) is 39.7 Å². The Morgan fingerprint density at radius 3 is 2.81 bits per heavy atom. The summed E-state index contributed by atoms with van der Waals surface area (Å²) in [7, 11) is 0. The van der Waals surface area contributed by atoms with Crippen molar-refractivity contribution in [1.82, 2.24) is 9.55 Å². The van der Waals surface area contributed by atoms with Gasteiger partial charge in [0.2, 0.25) is 0 Å². The molecule has 0 unspecified atom stereocenters. The molecule has 0 aliphatic carbocycles. The molecule has 3 rings (SSSR count). The molecule has 108 valence electrons. The smallest absolute Gasteiger partial charge is 0.115 e. The van der Waals surface area contributed by atoms with E-state index in [0.717, 1.165) is 32.6 Å². The molecule has 2 nitrogen and oxygen atoms in total. The molecule has 0 aliphatic heterocycles. The van der Waals surface area contributed by atoms with E-state index in [2.05, 4.69) is 39.6 Å². The number of rotatable bonds is 3. The molecule has 5 heteroatoms. The zero-order valence-corrected chi connectivity index (χ0v) is 14.5. The van der Waals surface area contributed by atoms with Gasteiger partial charge >= 0.3 is 0 Å². The van der Waals surface area contributed by atoms with Gasteiger partial charge in [-0.15, -0.1) is 11.6 Å². The normalized spacial score (nSPS) is 11.2. The van der Waals surface area contributed by atoms with E-state index in [9.17, 15) is 0 Å². The van der Waals surface area contributed by atoms with Gasteiger partial charge in [0.15, 0.2) is 0 Å². The maximum Gasteiger partial charge on any atom is 0.115 e. The number of nitrogens with zero attached hydrogens (tertiary/aromatic N) is 2. The second-order valence-corrected chi connectivity index (χ2v) is 6.54. The summed E-state index contributed by atoms with van der Waals surface area (Å²) in [5.41, 5.74) is 4.11. The molecule has 3 aromatic rings. The van der Waals surface area contributed by atoms with E-state index in [-0.39, 0.29) is 0 Å². The largest absolute Gasteiger partial charge is 0.295 e. The summed E-state index contributed by atoms with van der Waals surface area (Å²) in [5.74, 6) is 1.45. The monoisotopic (exact) mass is 382 g/mol. The number of alkyl halides is 1. The van der Waals surface area contributed by atoms with Crippen LogP contribution >= 0.6 is 39.1 Å². The number of hydrogen-bond acceptors (Lipinski definition) is 1. The Hall–Kier alpha value is -1.03. The van der Waals surface area contributed by atoms with E-state index in [4.69, 9.17) is 28.2 Å². The lowest BCUT2D eigenvalue weighted by Gasteiger charge is -2.11. The van der Waals surface area contributed by atoms with E-state index in [1.807, 2.05) is 24.3 Å². The van der Waals surface area contributed by atoms with Gasteiger partial charge in [-0.05, 0) is 36.8 Å². The van der Waals surface area contributed by atoms with Crippen LogP contribution in [0.5, 0.6) is 0 Å². The van der Waals surface area contributed by atoms with Gasteiger partial charge in [-0.25, -0.2) is 4.98 Å². The number of benzene rings is 2. The Kier molecular flexibility index (Phi) is 4.25. The lowest BCUT2D eigenvalue weighted by atomic mass is 10.2. The van der Waals surface area contributed by atoms with E-state index in [1.165, 1.54) is 0 Å². The van der Waals surface area contributed by atoms with Gasteiger partial charge in [-0.3, -0.25) is 4.57 Å². The fraction of sp³-hybridized carbons (Fsp3) is 0.188. The predicted octanol–water partition coefficient (Wildman–Crippen LogP) is 5.53. The first-order valence-electron chi connectivity index (χ1n) is 6.60. The minimum atomic E-state index is 0.522. The quantitative estimate of drug-likeness (QED) is 0.543. The first-order valence-corrected chi connectivity index (χ1v) is 8.30. The first-order chi connectivity index (χ1) is 10.1. The number of fused-ring (bicyclic) bond motifs is 1. The highest BCUT2D eigenvalue weighted by Crippen LogP contribution is 2.30. The molecular formula is C16H13BrCl2N2. The third-order valence-electron chi connectivity index (χ3n) is 3.42. The van der Waals surface area contributed by atoms with Crippen molar-refractivity contribution in [3.63, 3.8) is 0 Å². The van der Waals surface area contributed by atoms with Crippen LogP contribution in [-0.2, 0) is 6.42 Å². The molecule has 21 heavy (non-hydrogen) atoms. The summed E-state index contributed by atoms with van der Waals surface area (Å²) in [6, 6.07) is 12.0. The van der Waals surface area contributed by atoms with Crippen molar-refractivity contribution < 1.29 is 0 Å². The summed E-state index contributed by atoms with van der Waals surface area (Å²) in [5, 5.41) is 0.690. The Bertz CT molecular complexity index is 811. The molecule has 0 bridgehead atoms. The molecule has 0 saturated heterocycles. The lowest BCUT2D eigenvalue weighted by molar-refractivity contribution is 0.912. The molecule has 1 heterocycles. The Morgan fingerprint density at radius 1 is 1.24 bits per heavy atom. The SMILES string of the molecule is Cc1cccc2c1nc(CCCl)n2-c1cc(Br)ccc1Cl. The van der Waals surface area contributed by atoms with Gasteiger partial charge < -0.3 is 0 Å². The van der Waals surface area contributed by atoms with E-state index < -0.39 is 0 Å². The topological polar surface area (TPSA) is 17.8 Å². The van der Waals surface area contributed by atoms with Crippen molar-refractivity contribution in [1.29, 1.82) is 0 Å². The lowest BCUT2D eigenvalue weighted by Crippen LogP contribution is -2.03. The molecule has 0 atom stereocenters. The van der Waals surface area contributed by atoms with Crippen molar-refractivity contribution in [2.45, 2.75) is 13.3 Å².